The van der Waals surface area contributed by atoms with Gasteiger partial charge in [-0.25, -0.2) is 0 Å². The number of fused-ring (bicyclic) bond motifs is 1. The maximum Gasteiger partial charge on any atom is 0.265 e. The van der Waals surface area contributed by atoms with Crippen LogP contribution in [-0.2, 0) is 22.7 Å². The summed E-state index contributed by atoms with van der Waals surface area (Å²) >= 11 is 7.48. The van der Waals surface area contributed by atoms with Gasteiger partial charge in [0.25, 0.3) is 5.91 Å². The summed E-state index contributed by atoms with van der Waals surface area (Å²) < 4.78 is 0. The van der Waals surface area contributed by atoms with Crippen LogP contribution in [0, 0.1) is 6.92 Å². The fraction of sp³-hybridized carbons (Fsp3) is 0.120. The molecule has 0 aliphatic carbocycles. The van der Waals surface area contributed by atoms with Gasteiger partial charge in [0.2, 0.25) is 5.91 Å². The molecule has 2 amide bonds. The molecule has 4 rings (SSSR count). The zero-order valence-corrected chi connectivity index (χ0v) is 18.5. The molecule has 0 fully saturated rings. The number of nitrogens with one attached hydrogen (secondary N) is 1. The minimum Gasteiger partial charge on any atom is -0.348 e. The summed E-state index contributed by atoms with van der Waals surface area (Å²) in [6.07, 6.45) is 1.38. The Morgan fingerprint density at radius 1 is 1.00 bits per heavy atom. The summed E-state index contributed by atoms with van der Waals surface area (Å²) in [7, 11) is 0. The molecular weight excluding hydrogens is 428 g/mol. The maximum absolute atomic E-state index is 13.3. The molecule has 1 aliphatic heterocycles. The van der Waals surface area contributed by atoms with Gasteiger partial charge in [0.1, 0.15) is 0 Å². The second-order valence-corrected chi connectivity index (χ2v) is 8.70. The third-order valence-corrected chi connectivity index (χ3v) is 6.54. The van der Waals surface area contributed by atoms with Crippen molar-refractivity contribution in [3.63, 3.8) is 0 Å². The smallest absolute Gasteiger partial charge is 0.265 e. The van der Waals surface area contributed by atoms with E-state index in [0.717, 1.165) is 27.3 Å². The van der Waals surface area contributed by atoms with Crippen molar-refractivity contribution in [3.05, 3.63) is 105 Å². The zero-order valence-electron chi connectivity index (χ0n) is 17.0. The van der Waals surface area contributed by atoms with E-state index >= 15 is 0 Å². The fourth-order valence-electron chi connectivity index (χ4n) is 3.37. The van der Waals surface area contributed by atoms with E-state index in [0.29, 0.717) is 23.0 Å². The number of rotatable bonds is 5. The van der Waals surface area contributed by atoms with Crippen molar-refractivity contribution in [2.75, 3.05) is 4.90 Å². The Hall–Kier alpha value is -3.02. The average Bonchev–Trinajstić information content (AvgIpc) is 2.77. The summed E-state index contributed by atoms with van der Waals surface area (Å²) in [4.78, 5) is 28.9. The Labute approximate surface area is 190 Å². The molecule has 0 atom stereocenters. The molecule has 1 aliphatic rings. The monoisotopic (exact) mass is 448 g/mol. The number of para-hydroxylation sites is 1. The van der Waals surface area contributed by atoms with E-state index in [1.54, 1.807) is 11.0 Å². The summed E-state index contributed by atoms with van der Waals surface area (Å²) in [5, 5.41) is 3.42. The molecule has 3 aromatic rings. The highest BCUT2D eigenvalue weighted by atomic mass is 35.5. The number of amides is 2. The lowest BCUT2D eigenvalue weighted by Gasteiger charge is -2.30. The third kappa shape index (κ3) is 4.84. The van der Waals surface area contributed by atoms with Crippen molar-refractivity contribution >= 4 is 40.9 Å². The zero-order chi connectivity index (χ0) is 21.8. The summed E-state index contributed by atoms with van der Waals surface area (Å²) in [5.41, 5.74) is 3.87. The number of halogens is 1. The van der Waals surface area contributed by atoms with Gasteiger partial charge < -0.3 is 10.2 Å². The first-order valence-electron chi connectivity index (χ1n) is 9.89. The van der Waals surface area contributed by atoms with Crippen LogP contribution in [0.1, 0.15) is 16.7 Å². The Balaban J connectivity index is 1.57. The third-order valence-electron chi connectivity index (χ3n) is 5.09. The van der Waals surface area contributed by atoms with Crippen LogP contribution >= 0.6 is 23.4 Å². The Morgan fingerprint density at radius 2 is 1.68 bits per heavy atom. The number of benzene rings is 3. The number of carbonyl (C=O) groups excluding carboxylic acids is 2. The molecule has 0 bridgehead atoms. The van der Waals surface area contributed by atoms with Crippen molar-refractivity contribution in [2.24, 2.45) is 0 Å². The number of thioether (sulfide) groups is 1. The van der Waals surface area contributed by atoms with Gasteiger partial charge in [0.15, 0.2) is 0 Å². The van der Waals surface area contributed by atoms with Crippen LogP contribution in [0.2, 0.25) is 5.02 Å². The number of anilines is 1. The molecule has 0 unspecified atom stereocenters. The molecule has 1 heterocycles. The normalized spacial score (nSPS) is 14.5. The first kappa shape index (κ1) is 21.2. The molecule has 3 aromatic carbocycles. The lowest BCUT2D eigenvalue weighted by Crippen LogP contribution is -2.34. The first-order chi connectivity index (χ1) is 15.0. The number of nitrogens with zero attached hydrogens (tertiary/aromatic N) is 1. The van der Waals surface area contributed by atoms with Crippen LogP contribution < -0.4 is 10.2 Å². The summed E-state index contributed by atoms with van der Waals surface area (Å²) in [6, 6.07) is 23.1. The van der Waals surface area contributed by atoms with Crippen LogP contribution in [0.5, 0.6) is 0 Å². The highest BCUT2D eigenvalue weighted by Gasteiger charge is 2.29. The van der Waals surface area contributed by atoms with Crippen LogP contribution in [0.15, 0.2) is 88.7 Å². The maximum atomic E-state index is 13.3. The molecule has 6 heteroatoms. The van der Waals surface area contributed by atoms with Gasteiger partial charge in [-0.15, -0.1) is 0 Å². The predicted molar refractivity (Wildman–Crippen MR) is 126 cm³/mol. The molecule has 0 saturated heterocycles. The molecule has 0 radical (unpaired) electrons. The Kier molecular flexibility index (Phi) is 6.44. The van der Waals surface area contributed by atoms with E-state index in [-0.39, 0.29) is 11.8 Å². The largest absolute Gasteiger partial charge is 0.348 e. The summed E-state index contributed by atoms with van der Waals surface area (Å²) in [5.74, 6) is -0.508. The lowest BCUT2D eigenvalue weighted by atomic mass is 10.1. The number of hydrogen-bond acceptors (Lipinski definition) is 3. The van der Waals surface area contributed by atoms with E-state index in [9.17, 15) is 9.59 Å². The number of hydrogen-bond donors (Lipinski definition) is 1. The van der Waals surface area contributed by atoms with Gasteiger partial charge >= 0.3 is 0 Å². The topological polar surface area (TPSA) is 49.4 Å². The Morgan fingerprint density at radius 3 is 2.45 bits per heavy atom. The molecular formula is C25H21ClN2O2S. The van der Waals surface area contributed by atoms with Crippen LogP contribution in [0.4, 0.5) is 5.69 Å². The van der Waals surface area contributed by atoms with Gasteiger partial charge in [-0.3, -0.25) is 9.59 Å². The molecule has 156 valence electrons. The van der Waals surface area contributed by atoms with Crippen molar-refractivity contribution in [3.8, 4) is 0 Å². The standard InChI is InChI=1S/C25H21ClN2O2S/c1-17-8-2-3-10-19(17)16-28-21-12-6-7-13-22(21)31-23(25(28)30)14-24(29)27-15-18-9-4-5-11-20(18)26/h2-14H,15-16H2,1H3,(H,27,29)/b23-14-. The van der Waals surface area contributed by atoms with Crippen molar-refractivity contribution in [1.29, 1.82) is 0 Å². The second kappa shape index (κ2) is 9.41. The minimum atomic E-state index is -0.328. The lowest BCUT2D eigenvalue weighted by molar-refractivity contribution is -0.118. The highest BCUT2D eigenvalue weighted by Crippen LogP contribution is 2.42. The predicted octanol–water partition coefficient (Wildman–Crippen LogP) is 5.49. The number of aryl methyl sites for hydroxylation is 1. The second-order valence-electron chi connectivity index (χ2n) is 7.21. The first-order valence-corrected chi connectivity index (χ1v) is 11.1. The molecule has 0 aromatic heterocycles. The number of carbonyl (C=O) groups is 2. The van der Waals surface area contributed by atoms with Crippen LogP contribution in [0.25, 0.3) is 0 Å². The van der Waals surface area contributed by atoms with Crippen LogP contribution in [0.3, 0.4) is 0 Å². The van der Waals surface area contributed by atoms with E-state index in [1.807, 2.05) is 73.7 Å². The molecule has 4 nitrogen and oxygen atoms in total. The van der Waals surface area contributed by atoms with Crippen molar-refractivity contribution in [2.45, 2.75) is 24.9 Å². The molecule has 0 spiro atoms. The van der Waals surface area contributed by atoms with Gasteiger partial charge in [-0.1, -0.05) is 78.0 Å². The SMILES string of the molecule is Cc1ccccc1CN1C(=O)/C(=C/C(=O)NCc2ccccc2Cl)Sc2ccccc21. The fourth-order valence-corrected chi connectivity index (χ4v) is 4.60. The van der Waals surface area contributed by atoms with E-state index in [4.69, 9.17) is 11.6 Å². The van der Waals surface area contributed by atoms with E-state index in [1.165, 1.54) is 17.8 Å². The van der Waals surface area contributed by atoms with Gasteiger partial charge in [-0.2, -0.15) is 0 Å². The Bertz CT molecular complexity index is 1180. The van der Waals surface area contributed by atoms with E-state index < -0.39 is 0 Å². The quantitative estimate of drug-likeness (QED) is 0.525. The van der Waals surface area contributed by atoms with Crippen molar-refractivity contribution < 1.29 is 9.59 Å². The molecule has 0 saturated carbocycles. The molecule has 1 N–H and O–H groups in total. The van der Waals surface area contributed by atoms with Gasteiger partial charge in [0.05, 0.1) is 17.1 Å². The van der Waals surface area contributed by atoms with Crippen molar-refractivity contribution in [1.82, 2.24) is 5.32 Å². The minimum absolute atomic E-state index is 0.181. The molecule has 31 heavy (non-hydrogen) atoms. The van der Waals surface area contributed by atoms with E-state index in [2.05, 4.69) is 5.32 Å². The summed E-state index contributed by atoms with van der Waals surface area (Å²) in [6.45, 7) is 2.77. The van der Waals surface area contributed by atoms with Crippen LogP contribution in [-0.4, -0.2) is 11.8 Å². The van der Waals surface area contributed by atoms with Gasteiger partial charge in [-0.05, 0) is 41.8 Å². The highest BCUT2D eigenvalue weighted by molar-refractivity contribution is 8.04. The average molecular weight is 449 g/mol. The van der Waals surface area contributed by atoms with Gasteiger partial charge in [0, 0.05) is 22.5 Å².